The van der Waals surface area contributed by atoms with Crippen LogP contribution in [0.3, 0.4) is 0 Å². The second-order valence-electron chi connectivity index (χ2n) is 6.34. The number of aliphatic carboxylic acids is 1. The van der Waals surface area contributed by atoms with E-state index >= 15 is 0 Å². The highest BCUT2D eigenvalue weighted by Crippen LogP contribution is 2.40. The van der Waals surface area contributed by atoms with Crippen LogP contribution in [0, 0.1) is 0 Å². The number of carbonyl (C=O) groups is 2. The summed E-state index contributed by atoms with van der Waals surface area (Å²) in [6.07, 6.45) is 1.19. The Morgan fingerprint density at radius 1 is 1.37 bits per heavy atom. The number of amides is 1. The quantitative estimate of drug-likeness (QED) is 0.784. The van der Waals surface area contributed by atoms with Crippen LogP contribution in [0.5, 0.6) is 0 Å². The van der Waals surface area contributed by atoms with Gasteiger partial charge in [-0.1, -0.05) is 0 Å². The number of hydrogen-bond acceptors (Lipinski definition) is 4. The van der Waals surface area contributed by atoms with Gasteiger partial charge in [0, 0.05) is 0 Å². The highest BCUT2D eigenvalue weighted by atomic mass is 16.6. The lowest BCUT2D eigenvalue weighted by Crippen LogP contribution is -2.62. The number of carboxylic acids is 1. The second kappa shape index (κ2) is 4.67. The summed E-state index contributed by atoms with van der Waals surface area (Å²) in [5.41, 5.74) is -1.06. The molecule has 1 saturated heterocycles. The Kier molecular flexibility index (Phi) is 3.47. The van der Waals surface area contributed by atoms with E-state index in [1.807, 2.05) is 0 Å². The smallest absolute Gasteiger partial charge is 0.410 e. The van der Waals surface area contributed by atoms with Crippen LogP contribution in [0.2, 0.25) is 0 Å². The second-order valence-corrected chi connectivity index (χ2v) is 6.34. The maximum atomic E-state index is 12.1. The Morgan fingerprint density at radius 3 is 2.42 bits per heavy atom. The van der Waals surface area contributed by atoms with Crippen LogP contribution in [0.15, 0.2) is 0 Å². The highest BCUT2D eigenvalue weighted by molar-refractivity contribution is 5.75. The van der Waals surface area contributed by atoms with Crippen LogP contribution in [0.1, 0.15) is 40.0 Å². The summed E-state index contributed by atoms with van der Waals surface area (Å²) in [6.45, 7) is 5.84. The molecular weight excluding hydrogens is 250 g/mol. The average molecular weight is 271 g/mol. The highest BCUT2D eigenvalue weighted by Gasteiger charge is 2.48. The molecule has 2 rings (SSSR count). The van der Waals surface area contributed by atoms with Crippen LogP contribution in [0.4, 0.5) is 4.79 Å². The Morgan fingerprint density at radius 2 is 2.00 bits per heavy atom. The van der Waals surface area contributed by atoms with E-state index in [1.54, 1.807) is 20.8 Å². The van der Waals surface area contributed by atoms with Gasteiger partial charge in [0.15, 0.2) is 6.10 Å². The molecule has 0 bridgehead atoms. The van der Waals surface area contributed by atoms with Crippen molar-refractivity contribution in [2.45, 2.75) is 57.3 Å². The third-order valence-corrected chi connectivity index (χ3v) is 3.45. The normalized spacial score (nSPS) is 25.8. The zero-order chi connectivity index (χ0) is 14.3. The third-order valence-electron chi connectivity index (χ3n) is 3.45. The van der Waals surface area contributed by atoms with Gasteiger partial charge in [0.25, 0.3) is 0 Å². The molecule has 0 radical (unpaired) electrons. The summed E-state index contributed by atoms with van der Waals surface area (Å²) >= 11 is 0. The molecule has 19 heavy (non-hydrogen) atoms. The van der Waals surface area contributed by atoms with Crippen molar-refractivity contribution in [3.63, 3.8) is 0 Å². The molecule has 2 fully saturated rings. The number of morpholine rings is 1. The first-order valence-electron chi connectivity index (χ1n) is 6.59. The SMILES string of the molecule is CC(C)(C)OC(=O)N1C[C@@H](C(=O)O)OC2(CCC2)C1. The summed E-state index contributed by atoms with van der Waals surface area (Å²) in [7, 11) is 0. The molecule has 6 heteroatoms. The van der Waals surface area contributed by atoms with E-state index in [0.29, 0.717) is 6.54 Å². The van der Waals surface area contributed by atoms with Gasteiger partial charge < -0.3 is 19.5 Å². The van der Waals surface area contributed by atoms with Crippen LogP contribution in [-0.2, 0) is 14.3 Å². The molecule has 0 unspecified atom stereocenters. The molecule has 6 nitrogen and oxygen atoms in total. The molecule has 0 aromatic carbocycles. The minimum atomic E-state index is -1.03. The first-order chi connectivity index (χ1) is 8.71. The molecule has 108 valence electrons. The summed E-state index contributed by atoms with van der Waals surface area (Å²) < 4.78 is 10.9. The molecular formula is C13H21NO5. The molecule has 1 spiro atoms. The molecule has 1 N–H and O–H groups in total. The monoisotopic (exact) mass is 271 g/mol. The average Bonchev–Trinajstić information content (AvgIpc) is 2.24. The molecule has 0 aromatic heterocycles. The molecule has 1 aliphatic heterocycles. The van der Waals surface area contributed by atoms with E-state index in [1.165, 1.54) is 4.90 Å². The molecule has 1 atom stereocenters. The minimum Gasteiger partial charge on any atom is -0.479 e. The topological polar surface area (TPSA) is 76.1 Å². The predicted molar refractivity (Wildman–Crippen MR) is 66.9 cm³/mol. The zero-order valence-corrected chi connectivity index (χ0v) is 11.6. The molecule has 0 aromatic rings. The van der Waals surface area contributed by atoms with Crippen molar-refractivity contribution in [2.75, 3.05) is 13.1 Å². The lowest BCUT2D eigenvalue weighted by atomic mass is 9.78. The van der Waals surface area contributed by atoms with Gasteiger partial charge in [0.05, 0.1) is 18.7 Å². The van der Waals surface area contributed by atoms with Crippen LogP contribution < -0.4 is 0 Å². The Balaban J connectivity index is 2.07. The van der Waals surface area contributed by atoms with Gasteiger partial charge in [-0.25, -0.2) is 9.59 Å². The first-order valence-corrected chi connectivity index (χ1v) is 6.59. The lowest BCUT2D eigenvalue weighted by Gasteiger charge is -2.50. The van der Waals surface area contributed by atoms with E-state index in [9.17, 15) is 9.59 Å². The molecule has 1 heterocycles. The first kappa shape index (κ1) is 14.1. The fraction of sp³-hybridized carbons (Fsp3) is 0.846. The minimum absolute atomic E-state index is 0.0476. The van der Waals surface area contributed by atoms with Gasteiger partial charge in [0.2, 0.25) is 0 Å². The van der Waals surface area contributed by atoms with Gasteiger partial charge in [-0.15, -0.1) is 0 Å². The Bertz CT molecular complexity index is 383. The maximum Gasteiger partial charge on any atom is 0.410 e. The molecule has 2 aliphatic rings. The number of ether oxygens (including phenoxy) is 2. The number of nitrogens with zero attached hydrogens (tertiary/aromatic N) is 1. The molecule has 1 aliphatic carbocycles. The van der Waals surface area contributed by atoms with Crippen LogP contribution in [-0.4, -0.2) is 52.5 Å². The van der Waals surface area contributed by atoms with E-state index in [2.05, 4.69) is 0 Å². The lowest BCUT2D eigenvalue weighted by molar-refractivity contribution is -0.202. The van der Waals surface area contributed by atoms with Crippen molar-refractivity contribution >= 4 is 12.1 Å². The fourth-order valence-corrected chi connectivity index (χ4v) is 2.43. The van der Waals surface area contributed by atoms with Crippen LogP contribution >= 0.6 is 0 Å². The number of rotatable bonds is 1. The van der Waals surface area contributed by atoms with E-state index < -0.39 is 29.4 Å². The van der Waals surface area contributed by atoms with E-state index in [0.717, 1.165) is 19.3 Å². The Labute approximate surface area is 112 Å². The maximum absolute atomic E-state index is 12.1. The number of carboxylic acid groups (broad SMARTS) is 1. The van der Waals surface area contributed by atoms with Gasteiger partial charge >= 0.3 is 12.1 Å². The molecule has 1 saturated carbocycles. The van der Waals surface area contributed by atoms with E-state index in [4.69, 9.17) is 14.6 Å². The van der Waals surface area contributed by atoms with Crippen molar-refractivity contribution < 1.29 is 24.2 Å². The predicted octanol–water partition coefficient (Wildman–Crippen LogP) is 1.63. The summed E-state index contributed by atoms with van der Waals surface area (Å²) in [5.74, 6) is -1.03. The standard InChI is InChI=1S/C13H21NO5/c1-12(2,3)19-11(17)14-7-9(10(15)16)18-13(8-14)5-4-6-13/h9H,4-8H2,1-3H3,(H,15,16)/t9-/m0/s1. The largest absolute Gasteiger partial charge is 0.479 e. The number of carbonyl (C=O) groups excluding carboxylic acids is 1. The van der Waals surface area contributed by atoms with Gasteiger partial charge in [0.1, 0.15) is 5.60 Å². The van der Waals surface area contributed by atoms with Crippen molar-refractivity contribution in [3.8, 4) is 0 Å². The van der Waals surface area contributed by atoms with Crippen LogP contribution in [0.25, 0.3) is 0 Å². The zero-order valence-electron chi connectivity index (χ0n) is 11.6. The van der Waals surface area contributed by atoms with Crippen molar-refractivity contribution in [1.29, 1.82) is 0 Å². The van der Waals surface area contributed by atoms with Gasteiger partial charge in [-0.2, -0.15) is 0 Å². The van der Waals surface area contributed by atoms with Crippen molar-refractivity contribution in [3.05, 3.63) is 0 Å². The summed E-state index contributed by atoms with van der Waals surface area (Å²) in [6, 6.07) is 0. The van der Waals surface area contributed by atoms with Gasteiger partial charge in [-0.3, -0.25) is 0 Å². The third kappa shape index (κ3) is 3.18. The van der Waals surface area contributed by atoms with Crippen molar-refractivity contribution in [1.82, 2.24) is 4.90 Å². The van der Waals surface area contributed by atoms with Crippen molar-refractivity contribution in [2.24, 2.45) is 0 Å². The van der Waals surface area contributed by atoms with Gasteiger partial charge in [-0.05, 0) is 40.0 Å². The van der Waals surface area contributed by atoms with E-state index in [-0.39, 0.29) is 6.54 Å². The Hall–Kier alpha value is -1.30. The summed E-state index contributed by atoms with van der Waals surface area (Å²) in [4.78, 5) is 24.7. The number of hydrogen-bond donors (Lipinski definition) is 1. The molecule has 1 amide bonds. The fourth-order valence-electron chi connectivity index (χ4n) is 2.43. The summed E-state index contributed by atoms with van der Waals surface area (Å²) in [5, 5.41) is 9.12.